The fourth-order valence-corrected chi connectivity index (χ4v) is 2.11. The second-order valence-corrected chi connectivity index (χ2v) is 4.25. The van der Waals surface area contributed by atoms with Crippen LogP contribution >= 0.6 is 0 Å². The van der Waals surface area contributed by atoms with Crippen LogP contribution < -0.4 is 5.73 Å². The van der Waals surface area contributed by atoms with E-state index < -0.39 is 0 Å². The molecular weight excluding hydrogens is 226 g/mol. The molecule has 18 heavy (non-hydrogen) atoms. The summed E-state index contributed by atoms with van der Waals surface area (Å²) >= 11 is 0. The number of benzene rings is 1. The zero-order chi connectivity index (χ0) is 12.7. The van der Waals surface area contributed by atoms with Gasteiger partial charge in [-0.05, 0) is 26.0 Å². The minimum atomic E-state index is 0.687. The van der Waals surface area contributed by atoms with Gasteiger partial charge in [0.1, 0.15) is 5.82 Å². The monoisotopic (exact) mass is 239 g/mol. The molecule has 3 rings (SSSR count). The van der Waals surface area contributed by atoms with E-state index in [2.05, 4.69) is 15.2 Å². The van der Waals surface area contributed by atoms with Crippen molar-refractivity contribution in [3.05, 3.63) is 41.9 Å². The van der Waals surface area contributed by atoms with Crippen molar-refractivity contribution in [2.24, 2.45) is 0 Å². The number of fused-ring (bicyclic) bond motifs is 1. The van der Waals surface area contributed by atoms with Crippen LogP contribution in [-0.2, 0) is 0 Å². The first-order valence-corrected chi connectivity index (χ1v) is 5.71. The molecule has 0 aliphatic heterocycles. The van der Waals surface area contributed by atoms with Crippen LogP contribution in [0.2, 0.25) is 0 Å². The van der Waals surface area contributed by atoms with E-state index in [1.165, 1.54) is 0 Å². The van der Waals surface area contributed by atoms with E-state index in [9.17, 15) is 0 Å². The number of hydrogen-bond donors (Lipinski definition) is 1. The molecule has 1 aromatic carbocycles. The van der Waals surface area contributed by atoms with E-state index in [4.69, 9.17) is 5.73 Å². The highest BCUT2D eigenvalue weighted by molar-refractivity contribution is 5.73. The van der Waals surface area contributed by atoms with Crippen molar-refractivity contribution in [2.45, 2.75) is 13.8 Å². The zero-order valence-corrected chi connectivity index (χ0v) is 10.3. The Labute approximate surface area is 104 Å². The summed E-state index contributed by atoms with van der Waals surface area (Å²) in [5, 5.41) is 8.40. The Kier molecular flexibility index (Phi) is 2.26. The van der Waals surface area contributed by atoms with E-state index in [1.807, 2.05) is 48.6 Å². The first-order chi connectivity index (χ1) is 8.66. The number of rotatable bonds is 1. The summed E-state index contributed by atoms with van der Waals surface area (Å²) in [7, 11) is 0. The predicted molar refractivity (Wildman–Crippen MR) is 70.1 cm³/mol. The van der Waals surface area contributed by atoms with Crippen LogP contribution in [0.25, 0.3) is 17.0 Å². The molecule has 0 atom stereocenters. The summed E-state index contributed by atoms with van der Waals surface area (Å²) < 4.78 is 1.92. The molecule has 3 aromatic rings. The third kappa shape index (κ3) is 1.52. The van der Waals surface area contributed by atoms with Gasteiger partial charge in [-0.15, -0.1) is 10.2 Å². The fourth-order valence-electron chi connectivity index (χ4n) is 2.11. The molecule has 5 nitrogen and oxygen atoms in total. The first-order valence-electron chi connectivity index (χ1n) is 5.71. The number of aryl methyl sites for hydroxylation is 2. The largest absolute Gasteiger partial charge is 0.398 e. The van der Waals surface area contributed by atoms with Gasteiger partial charge in [0, 0.05) is 23.0 Å². The van der Waals surface area contributed by atoms with Crippen molar-refractivity contribution in [2.75, 3.05) is 5.73 Å². The highest BCUT2D eigenvalue weighted by atomic mass is 15.3. The maximum Gasteiger partial charge on any atom is 0.171 e. The molecule has 2 aromatic heterocycles. The van der Waals surface area contributed by atoms with Crippen LogP contribution in [0.3, 0.4) is 0 Å². The standard InChI is InChI=1S/C13H13N5/c1-8-7-12-16-17-13(18(12)9(2)15-8)10-5-3-4-6-11(10)14/h3-7H,14H2,1-2H3. The van der Waals surface area contributed by atoms with Gasteiger partial charge in [-0.25, -0.2) is 4.98 Å². The van der Waals surface area contributed by atoms with Gasteiger partial charge in [0.15, 0.2) is 11.5 Å². The molecule has 0 radical (unpaired) electrons. The molecular formula is C13H13N5. The molecule has 0 spiro atoms. The average Bonchev–Trinajstić information content (AvgIpc) is 2.73. The molecule has 5 heteroatoms. The second-order valence-electron chi connectivity index (χ2n) is 4.25. The first kappa shape index (κ1) is 10.7. The molecule has 0 aliphatic carbocycles. The molecule has 0 aliphatic rings. The summed E-state index contributed by atoms with van der Waals surface area (Å²) in [6.45, 7) is 3.88. The Bertz CT molecular complexity index is 729. The third-order valence-electron chi connectivity index (χ3n) is 2.89. The number of nitrogens with zero attached hydrogens (tertiary/aromatic N) is 4. The predicted octanol–water partition coefficient (Wildman–Crippen LogP) is 1.99. The van der Waals surface area contributed by atoms with Crippen molar-refractivity contribution in [3.8, 4) is 11.4 Å². The molecule has 2 N–H and O–H groups in total. The minimum Gasteiger partial charge on any atom is -0.398 e. The van der Waals surface area contributed by atoms with Gasteiger partial charge in [-0.3, -0.25) is 4.40 Å². The molecule has 90 valence electrons. The lowest BCUT2D eigenvalue weighted by Crippen LogP contribution is -2.00. The Hall–Kier alpha value is -2.43. The van der Waals surface area contributed by atoms with E-state index in [0.717, 1.165) is 28.6 Å². The van der Waals surface area contributed by atoms with Crippen LogP contribution in [0.1, 0.15) is 11.5 Å². The van der Waals surface area contributed by atoms with Gasteiger partial charge in [0.25, 0.3) is 0 Å². The van der Waals surface area contributed by atoms with Crippen LogP contribution in [-0.4, -0.2) is 19.6 Å². The zero-order valence-electron chi connectivity index (χ0n) is 10.3. The molecule has 0 fully saturated rings. The highest BCUT2D eigenvalue weighted by Crippen LogP contribution is 2.24. The Morgan fingerprint density at radius 3 is 2.67 bits per heavy atom. The lowest BCUT2D eigenvalue weighted by molar-refractivity contribution is 0.962. The van der Waals surface area contributed by atoms with Gasteiger partial charge >= 0.3 is 0 Å². The molecule has 0 bridgehead atoms. The Balaban J connectivity index is 2.35. The summed E-state index contributed by atoms with van der Waals surface area (Å²) in [6.07, 6.45) is 0. The Morgan fingerprint density at radius 1 is 1.11 bits per heavy atom. The summed E-state index contributed by atoms with van der Waals surface area (Å²) in [5.41, 5.74) is 9.26. The van der Waals surface area contributed by atoms with Gasteiger partial charge in [-0.1, -0.05) is 12.1 Å². The van der Waals surface area contributed by atoms with E-state index in [-0.39, 0.29) is 0 Å². The summed E-state index contributed by atoms with van der Waals surface area (Å²) in [5.74, 6) is 1.58. The second kappa shape index (κ2) is 3.80. The quantitative estimate of drug-likeness (QED) is 0.659. The van der Waals surface area contributed by atoms with Crippen LogP contribution in [0, 0.1) is 13.8 Å². The van der Waals surface area contributed by atoms with Gasteiger partial charge in [0.2, 0.25) is 0 Å². The molecule has 0 saturated heterocycles. The topological polar surface area (TPSA) is 69.1 Å². The maximum absolute atomic E-state index is 5.98. The minimum absolute atomic E-state index is 0.687. The van der Waals surface area contributed by atoms with Crippen molar-refractivity contribution in [3.63, 3.8) is 0 Å². The maximum atomic E-state index is 5.98. The van der Waals surface area contributed by atoms with Gasteiger partial charge in [0.05, 0.1) is 0 Å². The normalized spacial score (nSPS) is 11.0. The molecule has 0 unspecified atom stereocenters. The van der Waals surface area contributed by atoms with Crippen molar-refractivity contribution in [1.82, 2.24) is 19.6 Å². The van der Waals surface area contributed by atoms with Crippen molar-refractivity contribution >= 4 is 11.3 Å². The third-order valence-corrected chi connectivity index (χ3v) is 2.89. The number of para-hydroxylation sites is 1. The number of anilines is 1. The number of nitrogens with two attached hydrogens (primary N) is 1. The van der Waals surface area contributed by atoms with E-state index >= 15 is 0 Å². The highest BCUT2D eigenvalue weighted by Gasteiger charge is 2.12. The van der Waals surface area contributed by atoms with Crippen LogP contribution in [0.5, 0.6) is 0 Å². The number of nitrogen functional groups attached to an aromatic ring is 1. The van der Waals surface area contributed by atoms with E-state index in [0.29, 0.717) is 5.69 Å². The SMILES string of the molecule is Cc1cc2nnc(-c3ccccc3N)n2c(C)n1. The molecule has 0 amide bonds. The smallest absolute Gasteiger partial charge is 0.171 e. The van der Waals surface area contributed by atoms with Crippen LogP contribution in [0.4, 0.5) is 5.69 Å². The number of hydrogen-bond acceptors (Lipinski definition) is 4. The average molecular weight is 239 g/mol. The van der Waals surface area contributed by atoms with Crippen molar-refractivity contribution in [1.29, 1.82) is 0 Å². The lowest BCUT2D eigenvalue weighted by Gasteiger charge is -2.06. The van der Waals surface area contributed by atoms with E-state index in [1.54, 1.807) is 0 Å². The lowest BCUT2D eigenvalue weighted by atomic mass is 10.1. The fraction of sp³-hybridized carbons (Fsp3) is 0.154. The molecule has 2 heterocycles. The Morgan fingerprint density at radius 2 is 1.89 bits per heavy atom. The summed E-state index contributed by atoms with van der Waals surface area (Å²) in [4.78, 5) is 4.43. The van der Waals surface area contributed by atoms with Gasteiger partial charge in [-0.2, -0.15) is 0 Å². The van der Waals surface area contributed by atoms with Gasteiger partial charge < -0.3 is 5.73 Å². The number of aromatic nitrogens is 4. The summed E-state index contributed by atoms with van der Waals surface area (Å²) in [6, 6.07) is 9.53. The molecule has 0 saturated carbocycles. The van der Waals surface area contributed by atoms with Crippen molar-refractivity contribution < 1.29 is 0 Å². The van der Waals surface area contributed by atoms with Crippen LogP contribution in [0.15, 0.2) is 30.3 Å².